The molecule has 0 saturated carbocycles. The smallest absolute Gasteiger partial charge is 0.242 e. The summed E-state index contributed by atoms with van der Waals surface area (Å²) in [5, 5.41) is -0.160. The van der Waals surface area contributed by atoms with Gasteiger partial charge in [0.1, 0.15) is 16.5 Å². The highest BCUT2D eigenvalue weighted by molar-refractivity contribution is 7.89. The van der Waals surface area contributed by atoms with Crippen LogP contribution < -0.4 is 4.72 Å². The maximum atomic E-state index is 13.0. The van der Waals surface area contributed by atoms with Crippen LogP contribution in [-0.2, 0) is 10.0 Å². The van der Waals surface area contributed by atoms with Crippen LogP contribution in [0.2, 0.25) is 5.02 Å². The number of hydrogen-bond donors (Lipinski definition) is 2. The minimum Gasteiger partial charge on any atom is -0.347 e. The Morgan fingerprint density at radius 1 is 1.50 bits per heavy atom. The molecular weight excluding hydrogens is 305 g/mol. The third-order valence-corrected chi connectivity index (χ3v) is 4.69. The summed E-state index contributed by atoms with van der Waals surface area (Å²) < 4.78 is 40.0. The number of sulfonamides is 1. The van der Waals surface area contributed by atoms with Gasteiger partial charge in [-0.05, 0) is 24.6 Å². The van der Waals surface area contributed by atoms with E-state index in [1.807, 2.05) is 6.92 Å². The molecule has 0 bridgehead atoms. The van der Waals surface area contributed by atoms with E-state index in [4.69, 9.17) is 11.6 Å². The highest BCUT2D eigenvalue weighted by atomic mass is 35.5. The molecule has 0 aliphatic rings. The molecule has 2 rings (SSSR count). The van der Waals surface area contributed by atoms with Gasteiger partial charge in [0.25, 0.3) is 0 Å². The van der Waals surface area contributed by atoms with E-state index in [9.17, 15) is 12.8 Å². The third kappa shape index (κ3) is 3.17. The van der Waals surface area contributed by atoms with Gasteiger partial charge in [-0.1, -0.05) is 18.5 Å². The van der Waals surface area contributed by atoms with E-state index >= 15 is 0 Å². The minimum atomic E-state index is -3.85. The van der Waals surface area contributed by atoms with Crippen molar-refractivity contribution in [2.24, 2.45) is 0 Å². The fourth-order valence-electron chi connectivity index (χ4n) is 1.74. The number of imidazole rings is 1. The second kappa shape index (κ2) is 5.90. The van der Waals surface area contributed by atoms with Crippen molar-refractivity contribution >= 4 is 21.6 Å². The van der Waals surface area contributed by atoms with Gasteiger partial charge in [0.05, 0.1) is 11.1 Å². The van der Waals surface area contributed by atoms with E-state index < -0.39 is 21.9 Å². The molecule has 1 aromatic heterocycles. The van der Waals surface area contributed by atoms with Crippen LogP contribution in [0.5, 0.6) is 0 Å². The number of aromatic amines is 1. The van der Waals surface area contributed by atoms with Crippen molar-refractivity contribution in [1.82, 2.24) is 14.7 Å². The first-order valence-electron chi connectivity index (χ1n) is 5.90. The van der Waals surface area contributed by atoms with Gasteiger partial charge in [0, 0.05) is 12.4 Å². The molecule has 0 aliphatic carbocycles. The molecule has 0 saturated heterocycles. The Kier molecular flexibility index (Phi) is 4.42. The molecule has 2 N–H and O–H groups in total. The molecule has 2 aromatic rings. The Hall–Kier alpha value is -1.44. The van der Waals surface area contributed by atoms with Gasteiger partial charge in [-0.25, -0.2) is 22.5 Å². The molecule has 1 atom stereocenters. The van der Waals surface area contributed by atoms with Crippen molar-refractivity contribution in [2.75, 3.05) is 0 Å². The molecule has 0 aliphatic heterocycles. The lowest BCUT2D eigenvalue weighted by Gasteiger charge is -2.15. The van der Waals surface area contributed by atoms with Gasteiger partial charge in [0.15, 0.2) is 0 Å². The quantitative estimate of drug-likeness (QED) is 0.890. The van der Waals surface area contributed by atoms with Gasteiger partial charge in [-0.3, -0.25) is 0 Å². The van der Waals surface area contributed by atoms with Crippen molar-refractivity contribution in [1.29, 1.82) is 0 Å². The summed E-state index contributed by atoms with van der Waals surface area (Å²) in [6.45, 7) is 1.82. The normalized spacial score (nSPS) is 13.3. The molecule has 5 nitrogen and oxygen atoms in total. The number of benzene rings is 1. The summed E-state index contributed by atoms with van der Waals surface area (Å²) >= 11 is 5.78. The van der Waals surface area contributed by atoms with Crippen LogP contribution in [0, 0.1) is 5.82 Å². The molecule has 1 unspecified atom stereocenters. The van der Waals surface area contributed by atoms with E-state index in [0.717, 1.165) is 18.2 Å². The number of nitrogens with one attached hydrogen (secondary N) is 2. The lowest BCUT2D eigenvalue weighted by atomic mass is 10.2. The Bertz CT molecular complexity index is 689. The molecule has 1 aromatic carbocycles. The fourth-order valence-corrected chi connectivity index (χ4v) is 3.56. The van der Waals surface area contributed by atoms with Crippen molar-refractivity contribution < 1.29 is 12.8 Å². The van der Waals surface area contributed by atoms with Crippen LogP contribution in [0.15, 0.2) is 35.5 Å². The van der Waals surface area contributed by atoms with Crippen LogP contribution in [0.1, 0.15) is 25.2 Å². The Morgan fingerprint density at radius 2 is 2.25 bits per heavy atom. The van der Waals surface area contributed by atoms with Crippen LogP contribution in [0.25, 0.3) is 0 Å². The number of aromatic nitrogens is 2. The standard InChI is InChI=1S/C12H13ClFN3O2S/c1-2-10(12-15-5-6-16-12)17-20(18,19)11-4-3-8(14)7-9(11)13/h3-7,10,17H,2H2,1H3,(H,15,16). The van der Waals surface area contributed by atoms with Gasteiger partial charge in [-0.15, -0.1) is 0 Å². The van der Waals surface area contributed by atoms with Crippen molar-refractivity contribution in [2.45, 2.75) is 24.3 Å². The maximum Gasteiger partial charge on any atom is 0.242 e. The zero-order valence-electron chi connectivity index (χ0n) is 10.6. The minimum absolute atomic E-state index is 0.160. The summed E-state index contributed by atoms with van der Waals surface area (Å²) in [5.74, 6) is -0.0821. The number of nitrogens with zero attached hydrogens (tertiary/aromatic N) is 1. The van der Waals surface area contributed by atoms with Crippen LogP contribution in [-0.4, -0.2) is 18.4 Å². The second-order valence-corrected chi connectivity index (χ2v) is 6.22. The van der Waals surface area contributed by atoms with E-state index in [-0.39, 0.29) is 9.92 Å². The SMILES string of the molecule is CCC(NS(=O)(=O)c1ccc(F)cc1Cl)c1ncc[nH]1. The summed E-state index contributed by atoms with van der Waals surface area (Å²) in [4.78, 5) is 6.72. The molecular formula is C12H13ClFN3O2S. The predicted octanol–water partition coefficient (Wildman–Crippen LogP) is 2.63. The highest BCUT2D eigenvalue weighted by Gasteiger charge is 2.24. The van der Waals surface area contributed by atoms with E-state index in [2.05, 4.69) is 14.7 Å². The van der Waals surface area contributed by atoms with Crippen molar-refractivity contribution in [3.05, 3.63) is 47.3 Å². The predicted molar refractivity (Wildman–Crippen MR) is 73.4 cm³/mol. The number of H-pyrrole nitrogens is 1. The molecule has 1 heterocycles. The Balaban J connectivity index is 2.31. The monoisotopic (exact) mass is 317 g/mol. The summed E-state index contributed by atoms with van der Waals surface area (Å²) in [6, 6.07) is 2.64. The highest BCUT2D eigenvalue weighted by Crippen LogP contribution is 2.24. The summed E-state index contributed by atoms with van der Waals surface area (Å²) in [6.07, 6.45) is 3.65. The zero-order chi connectivity index (χ0) is 14.8. The molecule has 108 valence electrons. The second-order valence-electron chi connectivity index (χ2n) is 4.13. The van der Waals surface area contributed by atoms with Crippen molar-refractivity contribution in [3.8, 4) is 0 Å². The number of rotatable bonds is 5. The molecule has 20 heavy (non-hydrogen) atoms. The molecule has 8 heteroatoms. The molecule has 0 fully saturated rings. The Morgan fingerprint density at radius 3 is 2.80 bits per heavy atom. The number of hydrogen-bond acceptors (Lipinski definition) is 3. The molecule has 0 radical (unpaired) electrons. The van der Waals surface area contributed by atoms with Crippen LogP contribution in [0.4, 0.5) is 4.39 Å². The average Bonchev–Trinajstić information content (AvgIpc) is 2.89. The lowest BCUT2D eigenvalue weighted by Crippen LogP contribution is -2.29. The van der Waals surface area contributed by atoms with Gasteiger partial charge >= 0.3 is 0 Å². The first-order valence-corrected chi connectivity index (χ1v) is 7.77. The number of halogens is 2. The van der Waals surface area contributed by atoms with Crippen molar-refractivity contribution in [3.63, 3.8) is 0 Å². The van der Waals surface area contributed by atoms with Gasteiger partial charge < -0.3 is 4.98 Å². The van der Waals surface area contributed by atoms with Gasteiger partial charge in [-0.2, -0.15) is 0 Å². The topological polar surface area (TPSA) is 74.8 Å². The van der Waals surface area contributed by atoms with Gasteiger partial charge in [0.2, 0.25) is 10.0 Å². The van der Waals surface area contributed by atoms with E-state index in [1.165, 1.54) is 6.20 Å². The molecule has 0 spiro atoms. The third-order valence-electron chi connectivity index (χ3n) is 2.74. The van der Waals surface area contributed by atoms with Crippen LogP contribution >= 0.6 is 11.6 Å². The first kappa shape index (κ1) is 15.0. The Labute approximate surface area is 121 Å². The lowest BCUT2D eigenvalue weighted by molar-refractivity contribution is 0.539. The molecule has 0 amide bonds. The first-order chi connectivity index (χ1) is 9.44. The van der Waals surface area contributed by atoms with Crippen LogP contribution in [0.3, 0.4) is 0 Å². The van der Waals surface area contributed by atoms with E-state index in [0.29, 0.717) is 12.2 Å². The summed E-state index contributed by atoms with van der Waals surface area (Å²) in [7, 11) is -3.85. The zero-order valence-corrected chi connectivity index (χ0v) is 12.2. The summed E-state index contributed by atoms with van der Waals surface area (Å²) in [5.41, 5.74) is 0. The maximum absolute atomic E-state index is 13.0. The average molecular weight is 318 g/mol. The fraction of sp³-hybridized carbons (Fsp3) is 0.250. The largest absolute Gasteiger partial charge is 0.347 e. The van der Waals surface area contributed by atoms with E-state index in [1.54, 1.807) is 6.20 Å².